The Morgan fingerprint density at radius 3 is 2.47 bits per heavy atom. The van der Waals surface area contributed by atoms with Crippen molar-refractivity contribution in [3.8, 4) is 0 Å². The van der Waals surface area contributed by atoms with E-state index in [1.165, 1.54) is 0 Å². The van der Waals surface area contributed by atoms with E-state index in [2.05, 4.69) is 0 Å². The van der Waals surface area contributed by atoms with Gasteiger partial charge in [-0.2, -0.15) is 0 Å². The van der Waals surface area contributed by atoms with Crippen LogP contribution in [-0.4, -0.2) is 23.9 Å². The molecule has 2 rings (SSSR count). The summed E-state index contributed by atoms with van der Waals surface area (Å²) in [6, 6.07) is 4.98. The fourth-order valence-corrected chi connectivity index (χ4v) is 2.24. The van der Waals surface area contributed by atoms with Crippen LogP contribution in [0.1, 0.15) is 23.2 Å². The molecule has 0 N–H and O–H groups in total. The van der Waals surface area contributed by atoms with Crippen molar-refractivity contribution in [2.75, 3.05) is 13.1 Å². The molecule has 2 nitrogen and oxygen atoms in total. The SMILES string of the molecule is O=C(c1ccc(Cl)cc1Cl)N1CCCC1. The maximum atomic E-state index is 12.0. The summed E-state index contributed by atoms with van der Waals surface area (Å²) in [6.07, 6.45) is 2.16. The van der Waals surface area contributed by atoms with Gasteiger partial charge in [0.25, 0.3) is 5.91 Å². The molecule has 1 aliphatic heterocycles. The third kappa shape index (κ3) is 2.27. The Kier molecular flexibility index (Phi) is 3.17. The molecule has 0 radical (unpaired) electrons. The van der Waals surface area contributed by atoms with Crippen molar-refractivity contribution in [3.63, 3.8) is 0 Å². The number of hydrogen-bond acceptors (Lipinski definition) is 1. The molecule has 0 saturated carbocycles. The summed E-state index contributed by atoms with van der Waals surface area (Å²) in [5.74, 6) is 0.00849. The quantitative estimate of drug-likeness (QED) is 0.742. The second-order valence-corrected chi connectivity index (χ2v) is 4.47. The summed E-state index contributed by atoms with van der Waals surface area (Å²) >= 11 is 11.7. The number of carbonyl (C=O) groups is 1. The van der Waals surface area contributed by atoms with E-state index in [1.807, 2.05) is 4.90 Å². The van der Waals surface area contributed by atoms with Crippen LogP contribution in [0.15, 0.2) is 18.2 Å². The highest BCUT2D eigenvalue weighted by Crippen LogP contribution is 2.23. The van der Waals surface area contributed by atoms with Gasteiger partial charge in [-0.05, 0) is 31.0 Å². The molecule has 0 aliphatic carbocycles. The summed E-state index contributed by atoms with van der Waals surface area (Å²) < 4.78 is 0. The molecule has 1 aromatic rings. The van der Waals surface area contributed by atoms with E-state index >= 15 is 0 Å². The summed E-state index contributed by atoms with van der Waals surface area (Å²) in [4.78, 5) is 13.8. The van der Waals surface area contributed by atoms with Crippen molar-refractivity contribution < 1.29 is 4.79 Å². The van der Waals surface area contributed by atoms with Crippen LogP contribution in [0.25, 0.3) is 0 Å². The number of likely N-dealkylation sites (tertiary alicyclic amines) is 1. The van der Waals surface area contributed by atoms with Crippen molar-refractivity contribution in [1.82, 2.24) is 4.90 Å². The van der Waals surface area contributed by atoms with Crippen LogP contribution in [0, 0.1) is 0 Å². The molecule has 0 atom stereocenters. The Morgan fingerprint density at radius 1 is 1.20 bits per heavy atom. The number of rotatable bonds is 1. The molecule has 0 unspecified atom stereocenters. The molecule has 80 valence electrons. The number of carbonyl (C=O) groups excluding carboxylic acids is 1. The van der Waals surface area contributed by atoms with Gasteiger partial charge in [0.15, 0.2) is 0 Å². The zero-order valence-electron chi connectivity index (χ0n) is 8.17. The molecule has 0 spiro atoms. The lowest BCUT2D eigenvalue weighted by atomic mass is 10.2. The first-order valence-electron chi connectivity index (χ1n) is 4.93. The highest BCUT2D eigenvalue weighted by molar-refractivity contribution is 6.36. The van der Waals surface area contributed by atoms with Gasteiger partial charge in [-0.25, -0.2) is 0 Å². The van der Waals surface area contributed by atoms with Crippen LogP contribution in [0.3, 0.4) is 0 Å². The second-order valence-electron chi connectivity index (χ2n) is 3.62. The molecule has 0 aromatic heterocycles. The van der Waals surface area contributed by atoms with E-state index in [-0.39, 0.29) is 5.91 Å². The first kappa shape index (κ1) is 10.8. The Balaban J connectivity index is 2.24. The normalized spacial score (nSPS) is 15.7. The van der Waals surface area contributed by atoms with E-state index in [9.17, 15) is 4.79 Å². The lowest BCUT2D eigenvalue weighted by Crippen LogP contribution is -2.27. The maximum Gasteiger partial charge on any atom is 0.255 e. The van der Waals surface area contributed by atoms with Crippen LogP contribution in [-0.2, 0) is 0 Å². The van der Waals surface area contributed by atoms with Gasteiger partial charge >= 0.3 is 0 Å². The summed E-state index contributed by atoms with van der Waals surface area (Å²) in [5.41, 5.74) is 0.544. The summed E-state index contributed by atoms with van der Waals surface area (Å²) in [7, 11) is 0. The highest BCUT2D eigenvalue weighted by Gasteiger charge is 2.21. The first-order chi connectivity index (χ1) is 7.18. The molecular weight excluding hydrogens is 233 g/mol. The van der Waals surface area contributed by atoms with Crippen LogP contribution < -0.4 is 0 Å². The maximum absolute atomic E-state index is 12.0. The van der Waals surface area contributed by atoms with Crippen molar-refractivity contribution in [2.45, 2.75) is 12.8 Å². The molecule has 4 heteroatoms. The van der Waals surface area contributed by atoms with Gasteiger partial charge in [-0.3, -0.25) is 4.79 Å². The third-order valence-corrected chi connectivity index (χ3v) is 3.10. The van der Waals surface area contributed by atoms with Gasteiger partial charge in [-0.15, -0.1) is 0 Å². The molecule has 1 saturated heterocycles. The zero-order chi connectivity index (χ0) is 10.8. The van der Waals surface area contributed by atoms with E-state index in [0.29, 0.717) is 15.6 Å². The average Bonchev–Trinajstić information content (AvgIpc) is 2.69. The molecule has 1 aromatic carbocycles. The van der Waals surface area contributed by atoms with Crippen LogP contribution in [0.4, 0.5) is 0 Å². The van der Waals surface area contributed by atoms with Gasteiger partial charge in [-0.1, -0.05) is 23.2 Å². The monoisotopic (exact) mass is 243 g/mol. The molecule has 1 heterocycles. The zero-order valence-corrected chi connectivity index (χ0v) is 9.68. The number of hydrogen-bond donors (Lipinski definition) is 0. The minimum atomic E-state index is 0.00849. The lowest BCUT2D eigenvalue weighted by Gasteiger charge is -2.15. The third-order valence-electron chi connectivity index (χ3n) is 2.55. The average molecular weight is 244 g/mol. The molecule has 1 aliphatic rings. The molecule has 15 heavy (non-hydrogen) atoms. The standard InChI is InChI=1S/C11H11Cl2NO/c12-8-3-4-9(10(13)7-8)11(15)14-5-1-2-6-14/h3-4,7H,1-2,5-6H2. The molecule has 0 bridgehead atoms. The lowest BCUT2D eigenvalue weighted by molar-refractivity contribution is 0.0793. The predicted molar refractivity (Wildman–Crippen MR) is 61.6 cm³/mol. The minimum Gasteiger partial charge on any atom is -0.339 e. The first-order valence-corrected chi connectivity index (χ1v) is 5.68. The van der Waals surface area contributed by atoms with Crippen molar-refractivity contribution in [2.24, 2.45) is 0 Å². The van der Waals surface area contributed by atoms with Crippen LogP contribution in [0.5, 0.6) is 0 Å². The smallest absolute Gasteiger partial charge is 0.255 e. The van der Waals surface area contributed by atoms with E-state index in [0.717, 1.165) is 25.9 Å². The Bertz CT molecular complexity index is 386. The molecule has 1 fully saturated rings. The van der Waals surface area contributed by atoms with E-state index in [1.54, 1.807) is 18.2 Å². The van der Waals surface area contributed by atoms with Gasteiger partial charge in [0.1, 0.15) is 0 Å². The van der Waals surface area contributed by atoms with Gasteiger partial charge in [0.05, 0.1) is 10.6 Å². The largest absolute Gasteiger partial charge is 0.339 e. The Morgan fingerprint density at radius 2 is 1.87 bits per heavy atom. The van der Waals surface area contributed by atoms with Crippen LogP contribution >= 0.6 is 23.2 Å². The fourth-order valence-electron chi connectivity index (χ4n) is 1.75. The summed E-state index contributed by atoms with van der Waals surface area (Å²) in [5, 5.41) is 0.984. The van der Waals surface area contributed by atoms with Crippen molar-refractivity contribution in [3.05, 3.63) is 33.8 Å². The van der Waals surface area contributed by atoms with Gasteiger partial charge in [0.2, 0.25) is 0 Å². The number of amides is 1. The minimum absolute atomic E-state index is 0.00849. The number of halogens is 2. The predicted octanol–water partition coefficient (Wildman–Crippen LogP) is 3.23. The Labute approximate surface area is 98.8 Å². The topological polar surface area (TPSA) is 20.3 Å². The van der Waals surface area contributed by atoms with Gasteiger partial charge < -0.3 is 4.90 Å². The van der Waals surface area contributed by atoms with Crippen LogP contribution in [0.2, 0.25) is 10.0 Å². The van der Waals surface area contributed by atoms with Crippen molar-refractivity contribution in [1.29, 1.82) is 0 Å². The number of nitrogens with zero attached hydrogens (tertiary/aromatic N) is 1. The van der Waals surface area contributed by atoms with Gasteiger partial charge in [0, 0.05) is 18.1 Å². The summed E-state index contributed by atoms with van der Waals surface area (Å²) in [6.45, 7) is 1.66. The highest BCUT2D eigenvalue weighted by atomic mass is 35.5. The Hall–Kier alpha value is -0.730. The molecule has 1 amide bonds. The number of benzene rings is 1. The molecular formula is C11H11Cl2NO. The fraction of sp³-hybridized carbons (Fsp3) is 0.364. The van der Waals surface area contributed by atoms with E-state index < -0.39 is 0 Å². The second kappa shape index (κ2) is 4.42. The van der Waals surface area contributed by atoms with Crippen molar-refractivity contribution >= 4 is 29.1 Å². The van der Waals surface area contributed by atoms with E-state index in [4.69, 9.17) is 23.2 Å².